The first kappa shape index (κ1) is 32.7. The molecule has 0 bridgehead atoms. The second-order valence-electron chi connectivity index (χ2n) is 14.3. The van der Waals surface area contributed by atoms with E-state index in [1.165, 1.54) is 5.56 Å². The van der Waals surface area contributed by atoms with Gasteiger partial charge in [0, 0.05) is 38.4 Å². The maximum atomic E-state index is 6.81. The minimum Gasteiger partial charge on any atom is -0.455 e. The van der Waals surface area contributed by atoms with Gasteiger partial charge in [-0.3, -0.25) is 0 Å². The minimum atomic E-state index is 0.628. The highest BCUT2D eigenvalue weighted by atomic mass is 16.3. The number of hydrogen-bond donors (Lipinski definition) is 0. The molecule has 0 aliphatic carbocycles. The quantitative estimate of drug-likeness (QED) is 0.171. The molecule has 0 aliphatic rings. The molecule has 4 heteroatoms. The largest absolute Gasteiger partial charge is 0.455 e. The van der Waals surface area contributed by atoms with Gasteiger partial charge < -0.3 is 4.42 Å². The average molecular weight is 728 g/mol. The number of nitrogens with zero attached hydrogens (tertiary/aromatic N) is 3. The summed E-state index contributed by atoms with van der Waals surface area (Å²) in [5, 5.41) is 6.60. The van der Waals surface area contributed by atoms with E-state index in [1.807, 2.05) is 42.5 Å². The summed E-state index contributed by atoms with van der Waals surface area (Å²) in [6.45, 7) is 0. The third-order valence-electron chi connectivity index (χ3n) is 11.0. The normalized spacial score (nSPS) is 11.5. The minimum absolute atomic E-state index is 0.628. The first-order chi connectivity index (χ1) is 28.3. The van der Waals surface area contributed by atoms with Gasteiger partial charge in [0.05, 0.1) is 0 Å². The fourth-order valence-electron chi connectivity index (χ4n) is 8.20. The van der Waals surface area contributed by atoms with Gasteiger partial charge in [0.25, 0.3) is 0 Å². The van der Waals surface area contributed by atoms with Crippen LogP contribution in [0, 0.1) is 0 Å². The van der Waals surface area contributed by atoms with Crippen LogP contribution in [0.1, 0.15) is 0 Å². The lowest BCUT2D eigenvalue weighted by Crippen LogP contribution is -2.01. The Morgan fingerprint density at radius 1 is 0.246 bits per heavy atom. The molecule has 0 unspecified atom stereocenters. The lowest BCUT2D eigenvalue weighted by molar-refractivity contribution is 0.674. The smallest absolute Gasteiger partial charge is 0.164 e. The summed E-state index contributed by atoms with van der Waals surface area (Å²) in [7, 11) is 0. The highest BCUT2D eigenvalue weighted by Gasteiger charge is 2.20. The van der Waals surface area contributed by atoms with E-state index in [1.54, 1.807) is 0 Å². The Morgan fingerprint density at radius 3 is 1.35 bits per heavy atom. The van der Waals surface area contributed by atoms with E-state index in [4.69, 9.17) is 19.4 Å². The second-order valence-corrected chi connectivity index (χ2v) is 14.3. The number of furan rings is 1. The molecule has 57 heavy (non-hydrogen) atoms. The van der Waals surface area contributed by atoms with Crippen molar-refractivity contribution in [1.29, 1.82) is 0 Å². The van der Waals surface area contributed by atoms with Crippen molar-refractivity contribution in [3.63, 3.8) is 0 Å². The number of fused-ring (bicyclic) bond motifs is 6. The van der Waals surface area contributed by atoms with E-state index >= 15 is 0 Å². The van der Waals surface area contributed by atoms with Crippen molar-refractivity contribution in [1.82, 2.24) is 15.0 Å². The van der Waals surface area contributed by atoms with Gasteiger partial charge in [-0.25, -0.2) is 15.0 Å². The van der Waals surface area contributed by atoms with E-state index in [2.05, 4.69) is 158 Å². The summed E-state index contributed by atoms with van der Waals surface area (Å²) < 4.78 is 6.81. The molecule has 0 atom stereocenters. The van der Waals surface area contributed by atoms with Crippen LogP contribution in [0.25, 0.3) is 111 Å². The highest BCUT2D eigenvalue weighted by Crippen LogP contribution is 2.44. The SMILES string of the molecule is c1ccc(-c2ccc(-c3nc(-c4ccccc4)nc(-c4ccc(-c5cc6c7cccc(-c8ccccc8)c7oc6c6ccccc56)c5ccccc45)n3)cc2)cc1. The van der Waals surface area contributed by atoms with E-state index in [9.17, 15) is 0 Å². The molecular formula is C53H33N3O. The van der Waals surface area contributed by atoms with Gasteiger partial charge in [-0.2, -0.15) is 0 Å². The number of hydrogen-bond acceptors (Lipinski definition) is 4. The fraction of sp³-hybridized carbons (Fsp3) is 0. The number of aromatic nitrogens is 3. The topological polar surface area (TPSA) is 51.8 Å². The number of rotatable bonds is 6. The van der Waals surface area contributed by atoms with E-state index in [-0.39, 0.29) is 0 Å². The molecule has 0 amide bonds. The van der Waals surface area contributed by atoms with E-state index < -0.39 is 0 Å². The van der Waals surface area contributed by atoms with Crippen LogP contribution in [0.15, 0.2) is 205 Å². The van der Waals surface area contributed by atoms with Crippen LogP contribution in [-0.2, 0) is 0 Å². The third-order valence-corrected chi connectivity index (χ3v) is 11.0. The summed E-state index contributed by atoms with van der Waals surface area (Å²) in [4.78, 5) is 15.3. The number of para-hydroxylation sites is 1. The Labute approximate surface area is 329 Å². The summed E-state index contributed by atoms with van der Waals surface area (Å²) in [5.41, 5.74) is 11.4. The zero-order chi connectivity index (χ0) is 37.7. The van der Waals surface area contributed by atoms with E-state index in [0.717, 1.165) is 88.0 Å². The molecule has 11 rings (SSSR count). The Balaban J connectivity index is 1.10. The summed E-state index contributed by atoms with van der Waals surface area (Å²) in [5.74, 6) is 1.89. The molecule has 0 N–H and O–H groups in total. The predicted molar refractivity (Wildman–Crippen MR) is 235 cm³/mol. The van der Waals surface area contributed by atoms with Gasteiger partial charge in [0.2, 0.25) is 0 Å². The molecule has 11 aromatic rings. The standard InChI is InChI=1S/C53H33N3O/c1-4-15-34(16-5-1)35-27-29-38(30-28-35)52-54-51(37-19-8-3-9-20-37)55-53(56-52)46-32-31-43(40-21-10-11-22-41(40)46)47-33-48-45-26-14-25-39(36-17-6-2-7-18-36)49(45)57-50(48)44-24-13-12-23-42(44)47/h1-33H. The van der Waals surface area contributed by atoms with Crippen LogP contribution in [0.2, 0.25) is 0 Å². The van der Waals surface area contributed by atoms with Gasteiger partial charge >= 0.3 is 0 Å². The van der Waals surface area contributed by atoms with Crippen molar-refractivity contribution < 1.29 is 4.42 Å². The van der Waals surface area contributed by atoms with Gasteiger partial charge in [-0.1, -0.05) is 188 Å². The van der Waals surface area contributed by atoms with Gasteiger partial charge in [-0.15, -0.1) is 0 Å². The van der Waals surface area contributed by atoms with E-state index in [0.29, 0.717) is 17.5 Å². The molecular weight excluding hydrogens is 695 g/mol. The second kappa shape index (κ2) is 13.6. The first-order valence-corrected chi connectivity index (χ1v) is 19.2. The van der Waals surface area contributed by atoms with Crippen LogP contribution in [0.3, 0.4) is 0 Å². The fourth-order valence-corrected chi connectivity index (χ4v) is 8.20. The van der Waals surface area contributed by atoms with Crippen molar-refractivity contribution in [2.45, 2.75) is 0 Å². The van der Waals surface area contributed by atoms with Crippen LogP contribution >= 0.6 is 0 Å². The molecule has 4 nitrogen and oxygen atoms in total. The zero-order valence-corrected chi connectivity index (χ0v) is 30.8. The van der Waals surface area contributed by atoms with Crippen molar-refractivity contribution >= 4 is 43.5 Å². The van der Waals surface area contributed by atoms with Gasteiger partial charge in [0.1, 0.15) is 11.2 Å². The number of benzene rings is 9. The summed E-state index contributed by atoms with van der Waals surface area (Å²) >= 11 is 0. The Hall–Kier alpha value is -7.69. The lowest BCUT2D eigenvalue weighted by Gasteiger charge is -2.15. The summed E-state index contributed by atoms with van der Waals surface area (Å²) in [6.07, 6.45) is 0. The Kier molecular flexibility index (Phi) is 7.78. The van der Waals surface area contributed by atoms with Crippen LogP contribution in [0.4, 0.5) is 0 Å². The molecule has 0 radical (unpaired) electrons. The Bertz CT molecular complexity index is 3260. The van der Waals surface area contributed by atoms with Crippen molar-refractivity contribution in [2.24, 2.45) is 0 Å². The van der Waals surface area contributed by atoms with Crippen molar-refractivity contribution in [3.8, 4) is 67.5 Å². The molecule has 2 heterocycles. The molecule has 0 fully saturated rings. The molecule has 0 saturated heterocycles. The van der Waals surface area contributed by atoms with Crippen molar-refractivity contribution in [3.05, 3.63) is 200 Å². The van der Waals surface area contributed by atoms with Gasteiger partial charge in [0.15, 0.2) is 17.5 Å². The molecule has 266 valence electrons. The molecule has 2 aromatic heterocycles. The lowest BCUT2D eigenvalue weighted by atomic mass is 9.90. The predicted octanol–water partition coefficient (Wildman–Crippen LogP) is 14.1. The molecule has 9 aromatic carbocycles. The highest BCUT2D eigenvalue weighted by molar-refractivity contribution is 6.22. The maximum absolute atomic E-state index is 6.81. The van der Waals surface area contributed by atoms with Crippen LogP contribution in [-0.4, -0.2) is 15.0 Å². The summed E-state index contributed by atoms with van der Waals surface area (Å²) in [6, 6.07) is 69.8. The third kappa shape index (κ3) is 5.66. The maximum Gasteiger partial charge on any atom is 0.164 e. The Morgan fingerprint density at radius 2 is 0.684 bits per heavy atom. The molecule has 0 saturated carbocycles. The average Bonchev–Trinajstić information content (AvgIpc) is 3.68. The van der Waals surface area contributed by atoms with Crippen LogP contribution in [0.5, 0.6) is 0 Å². The first-order valence-electron chi connectivity index (χ1n) is 19.2. The monoisotopic (exact) mass is 727 g/mol. The molecule has 0 spiro atoms. The van der Waals surface area contributed by atoms with Crippen molar-refractivity contribution in [2.75, 3.05) is 0 Å². The van der Waals surface area contributed by atoms with Crippen LogP contribution < -0.4 is 0 Å². The van der Waals surface area contributed by atoms with Gasteiger partial charge in [-0.05, 0) is 56.1 Å². The molecule has 0 aliphatic heterocycles. The zero-order valence-electron chi connectivity index (χ0n) is 30.8.